The molecule has 1 aromatic rings. The van der Waals surface area contributed by atoms with Crippen LogP contribution in [0.5, 0.6) is 0 Å². The monoisotopic (exact) mass is 271 g/mol. The second-order valence-corrected chi connectivity index (χ2v) is 5.88. The molecule has 0 aliphatic heterocycles. The summed E-state index contributed by atoms with van der Waals surface area (Å²) >= 11 is 0. The van der Waals surface area contributed by atoms with E-state index in [2.05, 4.69) is 9.71 Å². The average molecular weight is 271 g/mol. The van der Waals surface area contributed by atoms with Crippen molar-refractivity contribution in [1.29, 1.82) is 0 Å². The summed E-state index contributed by atoms with van der Waals surface area (Å²) in [6, 6.07) is 3.14. The third-order valence-corrected chi connectivity index (χ3v) is 4.20. The van der Waals surface area contributed by atoms with Gasteiger partial charge in [-0.1, -0.05) is 26.3 Å². The number of nitrogens with one attached hydrogen (secondary N) is 1. The first-order valence-electron chi connectivity index (χ1n) is 6.20. The molecule has 0 amide bonds. The molecule has 102 valence electrons. The molecule has 0 aliphatic rings. The highest BCUT2D eigenvalue weighted by atomic mass is 32.2. The standard InChI is InChI=1S/C12H21N3O2S/c1-3-5-11(4-2)15-18(16,17)12-7-6-10(8-13)9-14-12/h6-7,9,11,15H,3-5,8,13H2,1-2H3. The Hall–Kier alpha value is -0.980. The molecule has 0 saturated heterocycles. The second kappa shape index (κ2) is 6.82. The Labute approximate surface area is 109 Å². The normalized spacial score (nSPS) is 13.5. The van der Waals surface area contributed by atoms with Crippen molar-refractivity contribution in [3.8, 4) is 0 Å². The van der Waals surface area contributed by atoms with Crippen LogP contribution in [0, 0.1) is 0 Å². The molecule has 0 radical (unpaired) electrons. The summed E-state index contributed by atoms with van der Waals surface area (Å²) in [5.74, 6) is 0. The van der Waals surface area contributed by atoms with E-state index in [0.717, 1.165) is 24.8 Å². The molecule has 6 heteroatoms. The number of hydrogen-bond acceptors (Lipinski definition) is 4. The fourth-order valence-electron chi connectivity index (χ4n) is 1.67. The Balaban J connectivity index is 2.84. The predicted molar refractivity (Wildman–Crippen MR) is 71.4 cm³/mol. The van der Waals surface area contributed by atoms with E-state index in [-0.39, 0.29) is 11.1 Å². The molecule has 1 heterocycles. The third kappa shape index (κ3) is 4.04. The largest absolute Gasteiger partial charge is 0.326 e. The molecule has 1 unspecified atom stereocenters. The van der Waals surface area contributed by atoms with E-state index in [1.54, 1.807) is 6.07 Å². The summed E-state index contributed by atoms with van der Waals surface area (Å²) in [7, 11) is -3.52. The van der Waals surface area contributed by atoms with Crippen molar-refractivity contribution in [2.45, 2.75) is 50.7 Å². The molecular weight excluding hydrogens is 250 g/mol. The highest BCUT2D eigenvalue weighted by Crippen LogP contribution is 2.10. The van der Waals surface area contributed by atoms with E-state index < -0.39 is 10.0 Å². The minimum absolute atomic E-state index is 0.0315. The molecule has 0 fully saturated rings. The van der Waals surface area contributed by atoms with Gasteiger partial charge in [0.15, 0.2) is 5.03 Å². The minimum atomic E-state index is -3.52. The van der Waals surface area contributed by atoms with Crippen LogP contribution in [0.2, 0.25) is 0 Å². The van der Waals surface area contributed by atoms with Crippen molar-refractivity contribution in [3.05, 3.63) is 23.9 Å². The molecule has 1 atom stereocenters. The van der Waals surface area contributed by atoms with E-state index >= 15 is 0 Å². The first kappa shape index (κ1) is 15.1. The summed E-state index contributed by atoms with van der Waals surface area (Å²) in [5.41, 5.74) is 6.26. The summed E-state index contributed by atoms with van der Waals surface area (Å²) in [4.78, 5) is 3.94. The van der Waals surface area contributed by atoms with Gasteiger partial charge in [-0.2, -0.15) is 0 Å². The molecule has 5 nitrogen and oxygen atoms in total. The van der Waals surface area contributed by atoms with Crippen LogP contribution in [0.1, 0.15) is 38.7 Å². The molecule has 0 aliphatic carbocycles. The van der Waals surface area contributed by atoms with E-state index in [9.17, 15) is 8.42 Å². The van der Waals surface area contributed by atoms with Crippen LogP contribution in [-0.2, 0) is 16.6 Å². The summed E-state index contributed by atoms with van der Waals surface area (Å²) < 4.78 is 26.8. The molecule has 3 N–H and O–H groups in total. The van der Waals surface area contributed by atoms with Crippen LogP contribution in [0.4, 0.5) is 0 Å². The lowest BCUT2D eigenvalue weighted by molar-refractivity contribution is 0.510. The van der Waals surface area contributed by atoms with Gasteiger partial charge in [-0.05, 0) is 24.5 Å². The molecule has 1 rings (SSSR count). The van der Waals surface area contributed by atoms with E-state index in [4.69, 9.17) is 5.73 Å². The SMILES string of the molecule is CCCC(CC)NS(=O)(=O)c1ccc(CN)cn1. The fourth-order valence-corrected chi connectivity index (χ4v) is 2.95. The van der Waals surface area contributed by atoms with Crippen molar-refractivity contribution in [3.63, 3.8) is 0 Å². The van der Waals surface area contributed by atoms with E-state index in [0.29, 0.717) is 6.54 Å². The van der Waals surface area contributed by atoms with Gasteiger partial charge in [-0.25, -0.2) is 18.1 Å². The van der Waals surface area contributed by atoms with Crippen LogP contribution in [-0.4, -0.2) is 19.4 Å². The van der Waals surface area contributed by atoms with Gasteiger partial charge in [0, 0.05) is 18.8 Å². The van der Waals surface area contributed by atoms with Crippen molar-refractivity contribution in [1.82, 2.24) is 9.71 Å². The second-order valence-electron chi connectivity index (χ2n) is 4.22. The van der Waals surface area contributed by atoms with Crippen LogP contribution >= 0.6 is 0 Å². The predicted octanol–water partition coefficient (Wildman–Crippen LogP) is 1.40. The highest BCUT2D eigenvalue weighted by molar-refractivity contribution is 7.89. The van der Waals surface area contributed by atoms with Crippen molar-refractivity contribution in [2.24, 2.45) is 5.73 Å². The topological polar surface area (TPSA) is 85.1 Å². The van der Waals surface area contributed by atoms with Gasteiger partial charge in [0.25, 0.3) is 10.0 Å². The molecular formula is C12H21N3O2S. The number of pyridine rings is 1. The van der Waals surface area contributed by atoms with Crippen LogP contribution in [0.15, 0.2) is 23.4 Å². The highest BCUT2D eigenvalue weighted by Gasteiger charge is 2.19. The molecule has 1 aromatic heterocycles. The zero-order valence-corrected chi connectivity index (χ0v) is 11.7. The number of sulfonamides is 1. The molecule has 0 aromatic carbocycles. The van der Waals surface area contributed by atoms with Gasteiger partial charge in [0.05, 0.1) is 0 Å². The minimum Gasteiger partial charge on any atom is -0.326 e. The Morgan fingerprint density at radius 3 is 2.56 bits per heavy atom. The number of hydrogen-bond donors (Lipinski definition) is 2. The van der Waals surface area contributed by atoms with Gasteiger partial charge >= 0.3 is 0 Å². The Kier molecular flexibility index (Phi) is 5.71. The molecule has 0 spiro atoms. The van der Waals surface area contributed by atoms with Crippen LogP contribution in [0.3, 0.4) is 0 Å². The summed E-state index contributed by atoms with van der Waals surface area (Å²) in [6.45, 7) is 4.35. The van der Waals surface area contributed by atoms with E-state index in [1.165, 1.54) is 12.3 Å². The van der Waals surface area contributed by atoms with Gasteiger partial charge in [0.1, 0.15) is 0 Å². The molecule has 0 saturated carbocycles. The first-order chi connectivity index (χ1) is 8.53. The Bertz CT molecular complexity index is 457. The third-order valence-electron chi connectivity index (χ3n) is 2.76. The number of nitrogens with zero attached hydrogens (tertiary/aromatic N) is 1. The van der Waals surface area contributed by atoms with Crippen molar-refractivity contribution >= 4 is 10.0 Å². The van der Waals surface area contributed by atoms with E-state index in [1.807, 2.05) is 13.8 Å². The number of nitrogens with two attached hydrogens (primary N) is 1. The summed E-state index contributed by atoms with van der Waals surface area (Å²) in [6.07, 6.45) is 4.04. The van der Waals surface area contributed by atoms with Crippen molar-refractivity contribution in [2.75, 3.05) is 0 Å². The van der Waals surface area contributed by atoms with Crippen LogP contribution < -0.4 is 10.5 Å². The lowest BCUT2D eigenvalue weighted by atomic mass is 10.1. The molecule has 0 bridgehead atoms. The van der Waals surface area contributed by atoms with Gasteiger partial charge in [0.2, 0.25) is 0 Å². The smallest absolute Gasteiger partial charge is 0.258 e. The zero-order valence-electron chi connectivity index (χ0n) is 10.9. The molecule has 18 heavy (non-hydrogen) atoms. The Morgan fingerprint density at radius 2 is 2.11 bits per heavy atom. The van der Waals surface area contributed by atoms with Gasteiger partial charge in [-0.15, -0.1) is 0 Å². The average Bonchev–Trinajstić information content (AvgIpc) is 2.38. The maximum absolute atomic E-state index is 12.1. The van der Waals surface area contributed by atoms with Gasteiger partial charge in [-0.3, -0.25) is 0 Å². The summed E-state index contributed by atoms with van der Waals surface area (Å²) in [5, 5.41) is 0.0502. The quantitative estimate of drug-likeness (QED) is 0.785. The first-order valence-corrected chi connectivity index (χ1v) is 7.69. The van der Waals surface area contributed by atoms with Crippen LogP contribution in [0.25, 0.3) is 0 Å². The zero-order chi connectivity index (χ0) is 13.6. The maximum atomic E-state index is 12.1. The number of aromatic nitrogens is 1. The lowest BCUT2D eigenvalue weighted by Gasteiger charge is -2.15. The van der Waals surface area contributed by atoms with Crippen molar-refractivity contribution < 1.29 is 8.42 Å². The number of rotatable bonds is 7. The fraction of sp³-hybridized carbons (Fsp3) is 0.583. The Morgan fingerprint density at radius 1 is 1.39 bits per heavy atom. The maximum Gasteiger partial charge on any atom is 0.258 e. The lowest BCUT2D eigenvalue weighted by Crippen LogP contribution is -2.34. The van der Waals surface area contributed by atoms with Gasteiger partial charge < -0.3 is 5.73 Å².